The Balaban J connectivity index is 0.00000364. The Morgan fingerprint density at radius 3 is 2.26 bits per heavy atom. The number of hydrogen-bond acceptors (Lipinski definition) is 4. The first-order chi connectivity index (χ1) is 12.3. The van der Waals surface area contributed by atoms with Crippen molar-refractivity contribution in [2.24, 2.45) is 16.8 Å². The number of nitrogens with zero attached hydrogens (tertiary/aromatic N) is 1. The Morgan fingerprint density at radius 2 is 1.78 bits per heavy atom. The second-order valence-corrected chi connectivity index (χ2v) is 10.7. The molecule has 0 atom stereocenters. The Morgan fingerprint density at radius 1 is 1.19 bits per heavy atom. The summed E-state index contributed by atoms with van der Waals surface area (Å²) in [5.74, 6) is 2.32. The predicted octanol–water partition coefficient (Wildman–Crippen LogP) is 2.97. The van der Waals surface area contributed by atoms with Gasteiger partial charge in [0.05, 0.1) is 11.3 Å². The van der Waals surface area contributed by atoms with Crippen LogP contribution in [0.3, 0.4) is 0 Å². The molecule has 1 aliphatic heterocycles. The van der Waals surface area contributed by atoms with E-state index in [1.807, 2.05) is 6.92 Å². The molecular weight excluding hydrogens is 477 g/mol. The lowest BCUT2D eigenvalue weighted by atomic mass is 9.80. The summed E-state index contributed by atoms with van der Waals surface area (Å²) in [6, 6.07) is 0.423. The largest absolute Gasteiger partial charge is 0.381 e. The summed E-state index contributed by atoms with van der Waals surface area (Å²) >= 11 is 0. The van der Waals surface area contributed by atoms with Crippen LogP contribution in [0.25, 0.3) is 0 Å². The van der Waals surface area contributed by atoms with E-state index in [0.717, 1.165) is 37.2 Å². The lowest BCUT2D eigenvalue weighted by molar-refractivity contribution is 0.0768. The number of halogens is 1. The summed E-state index contributed by atoms with van der Waals surface area (Å²) in [6.45, 7) is 8.70. The smallest absolute Gasteiger partial charge is 0.191 e. The molecule has 0 aromatic heterocycles. The molecule has 1 saturated heterocycles. The molecule has 6 nitrogen and oxygen atoms in total. The predicted molar refractivity (Wildman–Crippen MR) is 123 cm³/mol. The van der Waals surface area contributed by atoms with Crippen LogP contribution in [0.5, 0.6) is 0 Å². The van der Waals surface area contributed by atoms with Gasteiger partial charge in [-0.3, -0.25) is 4.99 Å². The number of nitrogens with one attached hydrogen (secondary N) is 2. The molecule has 0 amide bonds. The zero-order chi connectivity index (χ0) is 19.2. The van der Waals surface area contributed by atoms with Gasteiger partial charge in [-0.15, -0.1) is 24.0 Å². The highest BCUT2D eigenvalue weighted by Crippen LogP contribution is 2.31. The lowest BCUT2D eigenvalue weighted by Gasteiger charge is -2.35. The fraction of sp³-hybridized carbons (Fsp3) is 0.947. The standard InChI is InChI=1S/C19H37N3O3S.HI/c1-5-20-18(22-17-8-6-16(7-9-17)15(2)3)21-14-19(26(4,23)24)10-12-25-13-11-19;/h15-17H,5-14H2,1-4H3,(H2,20,21,22);1H. The topological polar surface area (TPSA) is 79.8 Å². The summed E-state index contributed by atoms with van der Waals surface area (Å²) < 4.78 is 29.4. The molecule has 0 bridgehead atoms. The monoisotopic (exact) mass is 515 g/mol. The van der Waals surface area contributed by atoms with Gasteiger partial charge < -0.3 is 15.4 Å². The van der Waals surface area contributed by atoms with Crippen molar-refractivity contribution in [3.63, 3.8) is 0 Å². The van der Waals surface area contributed by atoms with Gasteiger partial charge in [-0.25, -0.2) is 8.42 Å². The number of guanidine groups is 1. The van der Waals surface area contributed by atoms with Crippen molar-refractivity contribution in [1.82, 2.24) is 10.6 Å². The number of rotatable bonds is 6. The number of ether oxygens (including phenoxy) is 1. The number of hydrogen-bond donors (Lipinski definition) is 2. The normalized spacial score (nSPS) is 26.3. The molecule has 8 heteroatoms. The van der Waals surface area contributed by atoms with Gasteiger partial charge in [0.2, 0.25) is 0 Å². The maximum atomic E-state index is 12.4. The quantitative estimate of drug-likeness (QED) is 0.323. The molecule has 1 saturated carbocycles. The van der Waals surface area contributed by atoms with E-state index in [0.29, 0.717) is 38.6 Å². The molecule has 0 aromatic rings. The van der Waals surface area contributed by atoms with Crippen molar-refractivity contribution in [1.29, 1.82) is 0 Å². The van der Waals surface area contributed by atoms with Crippen LogP contribution in [-0.2, 0) is 14.6 Å². The van der Waals surface area contributed by atoms with Crippen LogP contribution in [0.15, 0.2) is 4.99 Å². The van der Waals surface area contributed by atoms with E-state index < -0.39 is 14.6 Å². The molecule has 160 valence electrons. The Bertz CT molecular complexity index is 567. The first-order valence-electron chi connectivity index (χ1n) is 10.1. The summed E-state index contributed by atoms with van der Waals surface area (Å²) in [5.41, 5.74) is 0. The van der Waals surface area contributed by atoms with E-state index >= 15 is 0 Å². The van der Waals surface area contributed by atoms with Crippen LogP contribution < -0.4 is 10.6 Å². The van der Waals surface area contributed by atoms with Crippen molar-refractivity contribution >= 4 is 39.8 Å². The molecule has 2 fully saturated rings. The van der Waals surface area contributed by atoms with Crippen molar-refractivity contribution < 1.29 is 13.2 Å². The van der Waals surface area contributed by atoms with Crippen LogP contribution in [0.1, 0.15) is 59.3 Å². The van der Waals surface area contributed by atoms with Gasteiger partial charge in [-0.05, 0) is 57.3 Å². The van der Waals surface area contributed by atoms with E-state index in [1.165, 1.54) is 19.1 Å². The molecule has 2 rings (SSSR count). The zero-order valence-electron chi connectivity index (χ0n) is 17.3. The number of sulfone groups is 1. The third-order valence-corrected chi connectivity index (χ3v) is 8.23. The van der Waals surface area contributed by atoms with E-state index in [1.54, 1.807) is 0 Å². The van der Waals surface area contributed by atoms with Gasteiger partial charge >= 0.3 is 0 Å². The van der Waals surface area contributed by atoms with E-state index in [4.69, 9.17) is 4.74 Å². The van der Waals surface area contributed by atoms with E-state index in [9.17, 15) is 8.42 Å². The van der Waals surface area contributed by atoms with Crippen LogP contribution in [0.4, 0.5) is 0 Å². The highest BCUT2D eigenvalue weighted by molar-refractivity contribution is 14.0. The Hall–Kier alpha value is -0.0900. The van der Waals surface area contributed by atoms with Gasteiger partial charge in [0.25, 0.3) is 0 Å². The maximum absolute atomic E-state index is 12.4. The van der Waals surface area contributed by atoms with Crippen LogP contribution in [0.2, 0.25) is 0 Å². The zero-order valence-corrected chi connectivity index (χ0v) is 20.4. The fourth-order valence-electron chi connectivity index (χ4n) is 4.06. The molecule has 0 unspecified atom stereocenters. The minimum atomic E-state index is -3.19. The maximum Gasteiger partial charge on any atom is 0.191 e. The summed E-state index contributed by atoms with van der Waals surface area (Å²) in [7, 11) is -3.19. The van der Waals surface area contributed by atoms with Crippen LogP contribution in [-0.4, -0.2) is 57.7 Å². The summed E-state index contributed by atoms with van der Waals surface area (Å²) in [4.78, 5) is 4.68. The average Bonchev–Trinajstić information content (AvgIpc) is 2.60. The minimum absolute atomic E-state index is 0. The third-order valence-electron chi connectivity index (χ3n) is 6.12. The molecule has 0 spiro atoms. The summed E-state index contributed by atoms with van der Waals surface area (Å²) in [6.07, 6.45) is 7.18. The lowest BCUT2D eigenvalue weighted by Crippen LogP contribution is -2.49. The van der Waals surface area contributed by atoms with E-state index in [2.05, 4.69) is 29.5 Å². The molecule has 0 aromatic carbocycles. The van der Waals surface area contributed by atoms with Crippen LogP contribution in [0, 0.1) is 11.8 Å². The molecular formula is C19H38IN3O3S. The SMILES string of the molecule is CCNC(=NCC1(S(C)(=O)=O)CCOCC1)NC1CCC(C(C)C)CC1.I. The molecule has 2 aliphatic rings. The van der Waals surface area contributed by atoms with Gasteiger partial charge in [0, 0.05) is 32.1 Å². The molecule has 2 N–H and O–H groups in total. The molecule has 1 aliphatic carbocycles. The van der Waals surface area contributed by atoms with Crippen molar-refractivity contribution in [3.05, 3.63) is 0 Å². The minimum Gasteiger partial charge on any atom is -0.381 e. The van der Waals surface area contributed by atoms with Gasteiger partial charge in [0.1, 0.15) is 0 Å². The molecule has 1 heterocycles. The molecule has 27 heavy (non-hydrogen) atoms. The van der Waals surface area contributed by atoms with Gasteiger partial charge in [-0.1, -0.05) is 13.8 Å². The number of aliphatic imine (C=N–C) groups is 1. The highest BCUT2D eigenvalue weighted by Gasteiger charge is 2.42. The Labute approximate surface area is 182 Å². The van der Waals surface area contributed by atoms with Crippen molar-refractivity contribution in [2.75, 3.05) is 32.6 Å². The van der Waals surface area contributed by atoms with Crippen LogP contribution >= 0.6 is 24.0 Å². The van der Waals surface area contributed by atoms with Crippen molar-refractivity contribution in [3.8, 4) is 0 Å². The molecule has 0 radical (unpaired) electrons. The third kappa shape index (κ3) is 7.03. The van der Waals surface area contributed by atoms with Crippen molar-refractivity contribution in [2.45, 2.75) is 70.1 Å². The first-order valence-corrected chi connectivity index (χ1v) is 12.0. The van der Waals surface area contributed by atoms with Gasteiger partial charge in [0.15, 0.2) is 15.8 Å². The fourth-order valence-corrected chi connectivity index (χ4v) is 5.26. The Kier molecular flexibility index (Phi) is 10.3. The van der Waals surface area contributed by atoms with E-state index in [-0.39, 0.29) is 24.0 Å². The highest BCUT2D eigenvalue weighted by atomic mass is 127. The first kappa shape index (κ1) is 24.9. The average molecular weight is 516 g/mol. The van der Waals surface area contributed by atoms with Gasteiger partial charge in [-0.2, -0.15) is 0 Å². The second-order valence-electron chi connectivity index (χ2n) is 8.26. The summed E-state index contributed by atoms with van der Waals surface area (Å²) in [5, 5.41) is 6.82. The second kappa shape index (κ2) is 11.2.